The molecular formula is C14H14N4O. The summed E-state index contributed by atoms with van der Waals surface area (Å²) in [6.07, 6.45) is 1.36. The van der Waals surface area contributed by atoms with Crippen molar-refractivity contribution in [1.82, 2.24) is 4.98 Å². The van der Waals surface area contributed by atoms with E-state index in [0.29, 0.717) is 18.8 Å². The zero-order valence-electron chi connectivity index (χ0n) is 10.4. The Morgan fingerprint density at radius 3 is 3.16 bits per heavy atom. The number of nitrogens with two attached hydrogens (primary N) is 1. The molecule has 0 spiro atoms. The minimum Gasteiger partial charge on any atom is -0.396 e. The summed E-state index contributed by atoms with van der Waals surface area (Å²) in [5.41, 5.74) is 8.77. The molecule has 0 aliphatic carbocycles. The predicted octanol–water partition coefficient (Wildman–Crippen LogP) is 1.55. The standard InChI is InChI=1S/C14H14N4O/c15-8-10-9-18(6-7-19-10)13-4-3-12-11(14(13)16)2-1-5-17-12/h1-5,10H,6-7,9,16H2. The van der Waals surface area contributed by atoms with Gasteiger partial charge in [-0.1, -0.05) is 0 Å². The van der Waals surface area contributed by atoms with Gasteiger partial charge >= 0.3 is 0 Å². The molecule has 5 nitrogen and oxygen atoms in total. The lowest BCUT2D eigenvalue weighted by Crippen LogP contribution is -2.42. The molecule has 0 saturated carbocycles. The van der Waals surface area contributed by atoms with Gasteiger partial charge in [0.1, 0.15) is 0 Å². The number of aromatic nitrogens is 1. The van der Waals surface area contributed by atoms with Crippen molar-refractivity contribution in [3.8, 4) is 6.07 Å². The lowest BCUT2D eigenvalue weighted by atomic mass is 10.1. The fourth-order valence-electron chi connectivity index (χ4n) is 2.39. The Bertz CT molecular complexity index is 649. The number of nitriles is 1. The van der Waals surface area contributed by atoms with E-state index in [1.54, 1.807) is 6.20 Å². The highest BCUT2D eigenvalue weighted by Gasteiger charge is 2.22. The minimum atomic E-state index is -0.391. The van der Waals surface area contributed by atoms with E-state index in [0.717, 1.165) is 23.1 Å². The quantitative estimate of drug-likeness (QED) is 0.781. The Balaban J connectivity index is 2.01. The second kappa shape index (κ2) is 4.75. The first-order valence-corrected chi connectivity index (χ1v) is 6.19. The van der Waals surface area contributed by atoms with Crippen LogP contribution in [0.4, 0.5) is 11.4 Å². The van der Waals surface area contributed by atoms with E-state index in [2.05, 4.69) is 16.0 Å². The van der Waals surface area contributed by atoms with Crippen molar-refractivity contribution in [2.75, 3.05) is 30.3 Å². The number of rotatable bonds is 1. The number of anilines is 2. The number of hydrogen-bond donors (Lipinski definition) is 1. The summed E-state index contributed by atoms with van der Waals surface area (Å²) in [6.45, 7) is 1.84. The van der Waals surface area contributed by atoms with Crippen molar-refractivity contribution in [2.45, 2.75) is 6.10 Å². The van der Waals surface area contributed by atoms with E-state index in [9.17, 15) is 0 Å². The Hall–Kier alpha value is -2.32. The molecule has 3 rings (SSSR count). The van der Waals surface area contributed by atoms with Gasteiger partial charge in [-0.2, -0.15) is 5.26 Å². The highest BCUT2D eigenvalue weighted by atomic mass is 16.5. The molecule has 1 atom stereocenters. The number of ether oxygens (including phenoxy) is 1. The molecule has 5 heteroatoms. The fraction of sp³-hybridized carbons (Fsp3) is 0.286. The van der Waals surface area contributed by atoms with Crippen LogP contribution in [0.3, 0.4) is 0 Å². The van der Waals surface area contributed by atoms with Crippen LogP contribution < -0.4 is 10.6 Å². The van der Waals surface area contributed by atoms with E-state index in [1.165, 1.54) is 0 Å². The highest BCUT2D eigenvalue weighted by Crippen LogP contribution is 2.31. The van der Waals surface area contributed by atoms with Gasteiger partial charge in [-0.15, -0.1) is 0 Å². The summed E-state index contributed by atoms with van der Waals surface area (Å²) >= 11 is 0. The van der Waals surface area contributed by atoms with Gasteiger partial charge in [-0.25, -0.2) is 0 Å². The molecule has 0 bridgehead atoms. The summed E-state index contributed by atoms with van der Waals surface area (Å²) in [5, 5.41) is 9.90. The van der Waals surface area contributed by atoms with Crippen LogP contribution in [0.25, 0.3) is 10.9 Å². The lowest BCUT2D eigenvalue weighted by Gasteiger charge is -2.32. The third-order valence-corrected chi connectivity index (χ3v) is 3.35. The Morgan fingerprint density at radius 1 is 1.42 bits per heavy atom. The largest absolute Gasteiger partial charge is 0.396 e. The number of nitrogens with zero attached hydrogens (tertiary/aromatic N) is 3. The number of benzene rings is 1. The molecule has 2 N–H and O–H groups in total. The van der Waals surface area contributed by atoms with E-state index < -0.39 is 6.10 Å². The molecule has 0 amide bonds. The number of nitrogen functional groups attached to an aromatic ring is 1. The van der Waals surface area contributed by atoms with Gasteiger partial charge in [-0.3, -0.25) is 4.98 Å². The predicted molar refractivity (Wildman–Crippen MR) is 73.7 cm³/mol. The van der Waals surface area contributed by atoms with E-state index in [1.807, 2.05) is 24.3 Å². The van der Waals surface area contributed by atoms with Gasteiger partial charge < -0.3 is 15.4 Å². The molecule has 1 fully saturated rings. The summed E-state index contributed by atoms with van der Waals surface area (Å²) in [6, 6.07) is 9.90. The summed E-state index contributed by atoms with van der Waals surface area (Å²) < 4.78 is 5.35. The molecule has 1 unspecified atom stereocenters. The van der Waals surface area contributed by atoms with E-state index in [-0.39, 0.29) is 0 Å². The average molecular weight is 254 g/mol. The van der Waals surface area contributed by atoms with Crippen molar-refractivity contribution in [2.24, 2.45) is 0 Å². The molecular weight excluding hydrogens is 240 g/mol. The maximum atomic E-state index is 8.95. The fourth-order valence-corrected chi connectivity index (χ4v) is 2.39. The summed E-state index contributed by atoms with van der Waals surface area (Å²) in [4.78, 5) is 6.38. The Kier molecular flexibility index (Phi) is 2.94. The van der Waals surface area contributed by atoms with Crippen LogP contribution in [-0.4, -0.2) is 30.8 Å². The molecule has 1 aliphatic rings. The molecule has 1 saturated heterocycles. The average Bonchev–Trinajstić information content (AvgIpc) is 2.48. The van der Waals surface area contributed by atoms with Crippen molar-refractivity contribution in [3.05, 3.63) is 30.5 Å². The maximum absolute atomic E-state index is 8.95. The van der Waals surface area contributed by atoms with Crippen LogP contribution >= 0.6 is 0 Å². The highest BCUT2D eigenvalue weighted by molar-refractivity contribution is 5.97. The zero-order valence-corrected chi connectivity index (χ0v) is 10.4. The van der Waals surface area contributed by atoms with Gasteiger partial charge in [0, 0.05) is 18.1 Å². The third-order valence-electron chi connectivity index (χ3n) is 3.35. The van der Waals surface area contributed by atoms with Gasteiger partial charge in [0.2, 0.25) is 0 Å². The van der Waals surface area contributed by atoms with Crippen LogP contribution in [-0.2, 0) is 4.74 Å². The van der Waals surface area contributed by atoms with E-state index in [4.69, 9.17) is 15.7 Å². The first kappa shape index (κ1) is 11.8. The van der Waals surface area contributed by atoms with Gasteiger partial charge in [0.05, 0.1) is 36.1 Å². The van der Waals surface area contributed by atoms with E-state index >= 15 is 0 Å². The topological polar surface area (TPSA) is 75.2 Å². The van der Waals surface area contributed by atoms with Crippen LogP contribution in [0.2, 0.25) is 0 Å². The van der Waals surface area contributed by atoms with Gasteiger partial charge in [0.15, 0.2) is 6.10 Å². The minimum absolute atomic E-state index is 0.391. The molecule has 1 aliphatic heterocycles. The smallest absolute Gasteiger partial charge is 0.161 e. The number of morpholine rings is 1. The first-order chi connectivity index (χ1) is 9.29. The monoisotopic (exact) mass is 254 g/mol. The Labute approximate surface area is 111 Å². The van der Waals surface area contributed by atoms with Gasteiger partial charge in [-0.05, 0) is 24.3 Å². The number of hydrogen-bond acceptors (Lipinski definition) is 5. The molecule has 19 heavy (non-hydrogen) atoms. The van der Waals surface area contributed by atoms with Gasteiger partial charge in [0.25, 0.3) is 0 Å². The first-order valence-electron chi connectivity index (χ1n) is 6.19. The van der Waals surface area contributed by atoms with Crippen molar-refractivity contribution >= 4 is 22.3 Å². The number of fused-ring (bicyclic) bond motifs is 1. The Morgan fingerprint density at radius 2 is 2.32 bits per heavy atom. The second-order valence-corrected chi connectivity index (χ2v) is 4.50. The third kappa shape index (κ3) is 2.07. The molecule has 96 valence electrons. The van der Waals surface area contributed by atoms with Crippen LogP contribution in [0.1, 0.15) is 0 Å². The van der Waals surface area contributed by atoms with Crippen molar-refractivity contribution < 1.29 is 4.74 Å². The summed E-state index contributed by atoms with van der Waals surface area (Å²) in [5.74, 6) is 0. The van der Waals surface area contributed by atoms with Crippen LogP contribution in [0, 0.1) is 11.3 Å². The van der Waals surface area contributed by atoms with Crippen LogP contribution in [0.15, 0.2) is 30.5 Å². The van der Waals surface area contributed by atoms with Crippen molar-refractivity contribution in [3.63, 3.8) is 0 Å². The molecule has 2 heterocycles. The van der Waals surface area contributed by atoms with Crippen LogP contribution in [0.5, 0.6) is 0 Å². The van der Waals surface area contributed by atoms with Crippen molar-refractivity contribution in [1.29, 1.82) is 5.26 Å². The normalized spacial score (nSPS) is 19.3. The zero-order chi connectivity index (χ0) is 13.2. The maximum Gasteiger partial charge on any atom is 0.161 e. The SMILES string of the molecule is N#CC1CN(c2ccc3ncccc3c2N)CCO1. The lowest BCUT2D eigenvalue weighted by molar-refractivity contribution is 0.0765. The molecule has 0 radical (unpaired) electrons. The molecule has 1 aromatic heterocycles. The second-order valence-electron chi connectivity index (χ2n) is 4.50. The summed E-state index contributed by atoms with van der Waals surface area (Å²) in [7, 11) is 0. The number of pyridine rings is 1. The molecule has 2 aromatic rings. The molecule has 1 aromatic carbocycles.